The maximum atomic E-state index is 13.5. The van der Waals surface area contributed by atoms with Gasteiger partial charge < -0.3 is 20.5 Å². The average molecular weight is 527 g/mol. The van der Waals surface area contributed by atoms with Crippen LogP contribution in [-0.4, -0.2) is 49.5 Å². The number of hydrogen-bond acceptors (Lipinski definition) is 7. The number of nitrogens with zero attached hydrogens (tertiary/aromatic N) is 4. The number of benzene rings is 2. The van der Waals surface area contributed by atoms with Gasteiger partial charge in [-0.2, -0.15) is 0 Å². The number of rotatable bonds is 8. The minimum atomic E-state index is -1.19. The van der Waals surface area contributed by atoms with Crippen molar-refractivity contribution >= 4 is 23.6 Å². The molecule has 2 aromatic heterocycles. The third-order valence-corrected chi connectivity index (χ3v) is 5.81. The summed E-state index contributed by atoms with van der Waals surface area (Å²) >= 11 is 0. The topological polar surface area (TPSA) is 130 Å². The van der Waals surface area contributed by atoms with Crippen LogP contribution in [0.5, 0.6) is 11.6 Å². The van der Waals surface area contributed by atoms with Crippen LogP contribution in [0.15, 0.2) is 85.2 Å². The number of anilines is 2. The van der Waals surface area contributed by atoms with E-state index in [9.17, 15) is 14.7 Å². The van der Waals surface area contributed by atoms with Gasteiger partial charge in [-0.15, -0.1) is 0 Å². The Morgan fingerprint density at radius 3 is 2.28 bits per heavy atom. The number of pyridine rings is 1. The molecule has 2 heterocycles. The van der Waals surface area contributed by atoms with Crippen molar-refractivity contribution in [1.29, 1.82) is 0 Å². The van der Waals surface area contributed by atoms with Crippen LogP contribution in [0.2, 0.25) is 0 Å². The van der Waals surface area contributed by atoms with Gasteiger partial charge in [-0.05, 0) is 68.8 Å². The first-order valence-electron chi connectivity index (χ1n) is 12.3. The van der Waals surface area contributed by atoms with Crippen LogP contribution < -0.4 is 15.4 Å². The summed E-state index contributed by atoms with van der Waals surface area (Å²) < 4.78 is 6.04. The van der Waals surface area contributed by atoms with Gasteiger partial charge in [0.15, 0.2) is 0 Å². The lowest BCUT2D eigenvalue weighted by atomic mass is 9.97. The number of hydrogen-bond donors (Lipinski definition) is 3. The first-order chi connectivity index (χ1) is 18.7. The van der Waals surface area contributed by atoms with E-state index >= 15 is 0 Å². The second-order valence-electron chi connectivity index (χ2n) is 9.62. The van der Waals surface area contributed by atoms with Gasteiger partial charge in [-0.1, -0.05) is 30.3 Å². The van der Waals surface area contributed by atoms with Crippen LogP contribution in [-0.2, 0) is 4.79 Å². The number of carbonyl (C=O) groups excluding carboxylic acids is 1. The summed E-state index contributed by atoms with van der Waals surface area (Å²) in [5, 5.41) is 15.7. The van der Waals surface area contributed by atoms with Crippen LogP contribution in [0.3, 0.4) is 0 Å². The summed E-state index contributed by atoms with van der Waals surface area (Å²) in [6.45, 7) is 5.26. The van der Waals surface area contributed by atoms with Gasteiger partial charge in [0, 0.05) is 30.7 Å². The van der Waals surface area contributed by atoms with E-state index in [1.165, 1.54) is 0 Å². The Labute approximate surface area is 226 Å². The molecule has 0 fully saturated rings. The summed E-state index contributed by atoms with van der Waals surface area (Å²) in [6.07, 6.45) is 2.09. The van der Waals surface area contributed by atoms with Crippen LogP contribution in [0, 0.1) is 0 Å². The molecule has 4 rings (SSSR count). The lowest BCUT2D eigenvalue weighted by Gasteiger charge is -2.39. The van der Waals surface area contributed by atoms with E-state index in [1.807, 2.05) is 12.1 Å². The van der Waals surface area contributed by atoms with Crippen molar-refractivity contribution < 1.29 is 19.4 Å². The van der Waals surface area contributed by atoms with Crippen molar-refractivity contribution in [3.05, 3.63) is 90.8 Å². The summed E-state index contributed by atoms with van der Waals surface area (Å²) in [5.41, 5.74) is 1.58. The van der Waals surface area contributed by atoms with Crippen LogP contribution in [0.4, 0.5) is 16.4 Å². The Kier molecular flexibility index (Phi) is 8.04. The molecule has 0 aliphatic carbocycles. The summed E-state index contributed by atoms with van der Waals surface area (Å²) in [5.74, 6) is 0.867. The highest BCUT2D eigenvalue weighted by molar-refractivity contribution is 5.97. The quantitative estimate of drug-likeness (QED) is 0.261. The van der Waals surface area contributed by atoms with Crippen molar-refractivity contribution in [1.82, 2.24) is 19.9 Å². The van der Waals surface area contributed by atoms with E-state index in [4.69, 9.17) is 4.74 Å². The minimum absolute atomic E-state index is 0.362. The highest BCUT2D eigenvalue weighted by Crippen LogP contribution is 2.32. The maximum absolute atomic E-state index is 13.5. The summed E-state index contributed by atoms with van der Waals surface area (Å²) in [4.78, 5) is 39.8. The number of amides is 2. The first kappa shape index (κ1) is 27.1. The zero-order chi connectivity index (χ0) is 28.0. The Balaban J connectivity index is 1.55. The SMILES string of the molecule is CNc1nccc(-c2cccnc2Oc2ccc(NC(=O)C(c3ccccc3)N(C(=O)O)C(C)(C)C)cc2)n1. The summed E-state index contributed by atoms with van der Waals surface area (Å²) in [7, 11) is 1.74. The molecule has 1 unspecified atom stereocenters. The zero-order valence-corrected chi connectivity index (χ0v) is 22.1. The molecule has 2 aromatic carbocycles. The lowest BCUT2D eigenvalue weighted by molar-refractivity contribution is -0.122. The van der Waals surface area contributed by atoms with E-state index < -0.39 is 23.6 Å². The van der Waals surface area contributed by atoms with Gasteiger partial charge in [-0.3, -0.25) is 9.69 Å². The molecule has 0 aliphatic heterocycles. The Bertz CT molecular complexity index is 1440. The van der Waals surface area contributed by atoms with Crippen molar-refractivity contribution in [3.63, 3.8) is 0 Å². The third-order valence-electron chi connectivity index (χ3n) is 5.81. The molecule has 2 amide bonds. The van der Waals surface area contributed by atoms with Crippen molar-refractivity contribution in [2.45, 2.75) is 32.4 Å². The highest BCUT2D eigenvalue weighted by atomic mass is 16.5. The molecular weight excluding hydrogens is 496 g/mol. The minimum Gasteiger partial charge on any atom is -0.465 e. The fourth-order valence-corrected chi connectivity index (χ4v) is 4.06. The van der Waals surface area contributed by atoms with Crippen molar-refractivity contribution in [3.8, 4) is 22.9 Å². The Hall–Kier alpha value is -4.99. The molecule has 10 nitrogen and oxygen atoms in total. The van der Waals surface area contributed by atoms with Crippen LogP contribution in [0.25, 0.3) is 11.3 Å². The van der Waals surface area contributed by atoms with Crippen LogP contribution >= 0.6 is 0 Å². The first-order valence-corrected chi connectivity index (χ1v) is 12.3. The highest BCUT2D eigenvalue weighted by Gasteiger charge is 2.38. The van der Waals surface area contributed by atoms with E-state index in [0.29, 0.717) is 40.1 Å². The molecule has 39 heavy (non-hydrogen) atoms. The van der Waals surface area contributed by atoms with E-state index in [-0.39, 0.29) is 0 Å². The molecule has 4 aromatic rings. The molecule has 10 heteroatoms. The molecular formula is C29H30N6O4. The van der Waals surface area contributed by atoms with Gasteiger partial charge in [0.1, 0.15) is 11.8 Å². The zero-order valence-electron chi connectivity index (χ0n) is 22.1. The van der Waals surface area contributed by atoms with Gasteiger partial charge >= 0.3 is 6.09 Å². The fourth-order valence-electron chi connectivity index (χ4n) is 4.06. The predicted molar refractivity (Wildman–Crippen MR) is 149 cm³/mol. The van der Waals surface area contributed by atoms with Crippen LogP contribution in [0.1, 0.15) is 32.4 Å². The average Bonchev–Trinajstić information content (AvgIpc) is 2.92. The number of carbonyl (C=O) groups is 2. The van der Waals surface area contributed by atoms with Crippen molar-refractivity contribution in [2.75, 3.05) is 17.7 Å². The molecule has 3 N–H and O–H groups in total. The Morgan fingerprint density at radius 1 is 0.923 bits per heavy atom. The van der Waals surface area contributed by atoms with Gasteiger partial charge in [-0.25, -0.2) is 19.7 Å². The van der Waals surface area contributed by atoms with E-state index in [2.05, 4.69) is 25.6 Å². The second kappa shape index (κ2) is 11.6. The molecule has 0 aliphatic rings. The lowest BCUT2D eigenvalue weighted by Crippen LogP contribution is -2.50. The van der Waals surface area contributed by atoms with E-state index in [0.717, 1.165) is 4.90 Å². The Morgan fingerprint density at radius 2 is 1.64 bits per heavy atom. The van der Waals surface area contributed by atoms with Gasteiger partial charge in [0.25, 0.3) is 5.91 Å². The molecule has 200 valence electrons. The van der Waals surface area contributed by atoms with Gasteiger partial charge in [0.2, 0.25) is 11.8 Å². The second-order valence-corrected chi connectivity index (χ2v) is 9.62. The third kappa shape index (κ3) is 6.48. The van der Waals surface area contributed by atoms with Crippen molar-refractivity contribution in [2.24, 2.45) is 0 Å². The number of aromatic nitrogens is 3. The molecule has 0 saturated carbocycles. The smallest absolute Gasteiger partial charge is 0.408 e. The number of ether oxygens (including phenoxy) is 1. The number of nitrogens with one attached hydrogen (secondary N) is 2. The molecule has 0 radical (unpaired) electrons. The van der Waals surface area contributed by atoms with Gasteiger partial charge in [0.05, 0.1) is 11.3 Å². The number of carboxylic acid groups (broad SMARTS) is 1. The summed E-state index contributed by atoms with van der Waals surface area (Å²) in [6, 6.07) is 20.0. The molecule has 1 atom stereocenters. The monoisotopic (exact) mass is 526 g/mol. The standard InChI is InChI=1S/C29H30N6O4/c1-29(2,3)35(28(37)38)24(19-9-6-5-7-10-19)25(36)33-20-12-14-21(15-13-20)39-26-22(11-8-17-31-26)23-16-18-32-27(30-4)34-23/h5-18,24H,1-4H3,(H,33,36)(H,37,38)(H,30,32,34). The largest absolute Gasteiger partial charge is 0.465 e. The van der Waals surface area contributed by atoms with E-state index in [1.54, 1.807) is 101 Å². The normalized spacial score (nSPS) is 11.8. The fraction of sp³-hybridized carbons (Fsp3) is 0.207. The predicted octanol–water partition coefficient (Wildman–Crippen LogP) is 5.83. The molecule has 0 bridgehead atoms. The molecule has 0 spiro atoms. The maximum Gasteiger partial charge on any atom is 0.408 e. The molecule has 0 saturated heterocycles.